The maximum absolute atomic E-state index is 12.1. The van der Waals surface area contributed by atoms with Crippen molar-refractivity contribution in [3.63, 3.8) is 0 Å². The second kappa shape index (κ2) is 8.28. The summed E-state index contributed by atoms with van der Waals surface area (Å²) in [5.41, 5.74) is 13.2. The van der Waals surface area contributed by atoms with Crippen molar-refractivity contribution in [1.82, 2.24) is 10.3 Å². The molecule has 2 atom stereocenters. The van der Waals surface area contributed by atoms with Gasteiger partial charge >= 0.3 is 0 Å². The maximum Gasteiger partial charge on any atom is 0.251 e. The van der Waals surface area contributed by atoms with Crippen molar-refractivity contribution in [2.75, 3.05) is 30.3 Å². The van der Waals surface area contributed by atoms with Crippen LogP contribution in [0.25, 0.3) is 22.3 Å². The molecule has 6 nitrogen and oxygen atoms in total. The zero-order valence-electron chi connectivity index (χ0n) is 18.5. The van der Waals surface area contributed by atoms with Crippen molar-refractivity contribution >= 4 is 17.4 Å². The number of hydrogen-bond donors (Lipinski definition) is 2. The molecule has 2 aromatic carbocycles. The smallest absolute Gasteiger partial charge is 0.251 e. The number of hydrogen-bond acceptors (Lipinski definition) is 5. The molecule has 3 aromatic rings. The minimum absolute atomic E-state index is 0.0122. The second-order valence-corrected chi connectivity index (χ2v) is 8.74. The number of carbonyl (C=O) groups excluding carboxylic acids is 1. The Labute approximate surface area is 188 Å². The van der Waals surface area contributed by atoms with Crippen LogP contribution in [0.1, 0.15) is 29.8 Å². The van der Waals surface area contributed by atoms with E-state index in [-0.39, 0.29) is 18.1 Å². The third-order valence-electron chi connectivity index (χ3n) is 6.24. The Bertz CT molecular complexity index is 1150. The van der Waals surface area contributed by atoms with Gasteiger partial charge in [0.05, 0.1) is 12.2 Å². The van der Waals surface area contributed by atoms with Gasteiger partial charge in [0, 0.05) is 48.2 Å². The number of rotatable bonds is 3. The SMILES string of the molecule is C[C@@H]1CN(c2ccc(-c3cnc(N)c(-c4ccc5c(c4)CCNC5=O)c3)cc2)C[C@H](C)O1. The molecule has 0 unspecified atom stereocenters. The molecule has 32 heavy (non-hydrogen) atoms. The zero-order valence-corrected chi connectivity index (χ0v) is 18.5. The van der Waals surface area contributed by atoms with E-state index in [1.165, 1.54) is 5.69 Å². The van der Waals surface area contributed by atoms with Crippen LogP contribution in [0.15, 0.2) is 54.7 Å². The molecule has 3 heterocycles. The zero-order chi connectivity index (χ0) is 22.2. The van der Waals surface area contributed by atoms with Crippen molar-refractivity contribution in [3.8, 4) is 22.3 Å². The number of carbonyl (C=O) groups is 1. The minimum atomic E-state index is -0.0122. The number of amides is 1. The fourth-order valence-electron chi connectivity index (χ4n) is 4.71. The summed E-state index contributed by atoms with van der Waals surface area (Å²) >= 11 is 0. The third kappa shape index (κ3) is 3.94. The third-order valence-corrected chi connectivity index (χ3v) is 6.24. The molecule has 6 heteroatoms. The van der Waals surface area contributed by atoms with E-state index in [4.69, 9.17) is 10.5 Å². The molecule has 0 bridgehead atoms. The van der Waals surface area contributed by atoms with Gasteiger partial charge in [0.25, 0.3) is 5.91 Å². The van der Waals surface area contributed by atoms with Gasteiger partial charge in [0.15, 0.2) is 0 Å². The Morgan fingerprint density at radius 2 is 1.69 bits per heavy atom. The number of ether oxygens (including phenoxy) is 1. The van der Waals surface area contributed by atoms with Crippen molar-refractivity contribution in [2.24, 2.45) is 0 Å². The highest BCUT2D eigenvalue weighted by Crippen LogP contribution is 2.32. The lowest BCUT2D eigenvalue weighted by molar-refractivity contribution is -0.00521. The Morgan fingerprint density at radius 3 is 2.44 bits per heavy atom. The van der Waals surface area contributed by atoms with E-state index < -0.39 is 0 Å². The van der Waals surface area contributed by atoms with Crippen molar-refractivity contribution < 1.29 is 9.53 Å². The normalized spacial score (nSPS) is 20.6. The maximum atomic E-state index is 12.1. The average Bonchev–Trinajstić information content (AvgIpc) is 2.79. The number of pyridine rings is 1. The fraction of sp³-hybridized carbons (Fsp3) is 0.308. The summed E-state index contributed by atoms with van der Waals surface area (Å²) < 4.78 is 5.85. The summed E-state index contributed by atoms with van der Waals surface area (Å²) in [6.07, 6.45) is 3.09. The lowest BCUT2D eigenvalue weighted by atomic mass is 9.94. The van der Waals surface area contributed by atoms with Crippen LogP contribution in [0.4, 0.5) is 11.5 Å². The van der Waals surface area contributed by atoms with Crippen LogP contribution >= 0.6 is 0 Å². The molecule has 2 aliphatic rings. The summed E-state index contributed by atoms with van der Waals surface area (Å²) in [4.78, 5) is 18.9. The first-order valence-corrected chi connectivity index (χ1v) is 11.2. The standard InChI is InChI=1S/C26H28N4O2/c1-16-14-30(15-17(2)32-16)22-6-3-18(4-7-22)21-12-24(25(27)29-13-21)19-5-8-23-20(11-19)9-10-28-26(23)31/h3-8,11-13,16-17H,9-10,14-15H2,1-2H3,(H2,27,29)(H,28,31)/t16-,17+. The van der Waals surface area contributed by atoms with E-state index in [1.54, 1.807) is 0 Å². The number of nitrogens with zero attached hydrogens (tertiary/aromatic N) is 2. The molecule has 5 rings (SSSR count). The molecule has 0 radical (unpaired) electrons. The highest BCUT2D eigenvalue weighted by atomic mass is 16.5. The highest BCUT2D eigenvalue weighted by Gasteiger charge is 2.22. The molecule has 2 aliphatic heterocycles. The predicted molar refractivity (Wildman–Crippen MR) is 128 cm³/mol. The summed E-state index contributed by atoms with van der Waals surface area (Å²) in [6.45, 7) is 6.69. The topological polar surface area (TPSA) is 80.5 Å². The Morgan fingerprint density at radius 1 is 0.969 bits per heavy atom. The first-order valence-electron chi connectivity index (χ1n) is 11.2. The first kappa shape index (κ1) is 20.5. The lowest BCUT2D eigenvalue weighted by Gasteiger charge is -2.36. The van der Waals surface area contributed by atoms with Crippen molar-refractivity contribution in [2.45, 2.75) is 32.5 Å². The lowest BCUT2D eigenvalue weighted by Crippen LogP contribution is -2.45. The molecule has 1 saturated heterocycles. The van der Waals surface area contributed by atoms with Crippen LogP contribution in [0.5, 0.6) is 0 Å². The van der Waals surface area contributed by atoms with E-state index in [9.17, 15) is 4.79 Å². The van der Waals surface area contributed by atoms with Crippen LogP contribution in [-0.2, 0) is 11.2 Å². The van der Waals surface area contributed by atoms with Gasteiger partial charge in [-0.05, 0) is 61.2 Å². The molecule has 0 saturated carbocycles. The quantitative estimate of drug-likeness (QED) is 0.661. The van der Waals surface area contributed by atoms with Crippen molar-refractivity contribution in [1.29, 1.82) is 0 Å². The molecule has 0 aliphatic carbocycles. The second-order valence-electron chi connectivity index (χ2n) is 8.74. The van der Waals surface area contributed by atoms with Gasteiger partial charge < -0.3 is 20.7 Å². The molecule has 1 fully saturated rings. The monoisotopic (exact) mass is 428 g/mol. The molecule has 1 aromatic heterocycles. The Hall–Kier alpha value is -3.38. The van der Waals surface area contributed by atoms with E-state index in [0.717, 1.165) is 52.9 Å². The van der Waals surface area contributed by atoms with E-state index in [2.05, 4.69) is 65.4 Å². The van der Waals surface area contributed by atoms with Crippen LogP contribution in [0.3, 0.4) is 0 Å². The van der Waals surface area contributed by atoms with Gasteiger partial charge in [-0.25, -0.2) is 4.98 Å². The van der Waals surface area contributed by atoms with Gasteiger partial charge in [0.2, 0.25) is 0 Å². The van der Waals surface area contributed by atoms with Gasteiger partial charge in [-0.15, -0.1) is 0 Å². The Balaban J connectivity index is 1.43. The first-order chi connectivity index (χ1) is 15.5. The summed E-state index contributed by atoms with van der Waals surface area (Å²) in [5, 5.41) is 2.89. The van der Waals surface area contributed by atoms with E-state index in [1.807, 2.05) is 18.3 Å². The van der Waals surface area contributed by atoms with E-state index in [0.29, 0.717) is 12.4 Å². The number of morpholine rings is 1. The number of nitrogen functional groups attached to an aromatic ring is 1. The van der Waals surface area contributed by atoms with Crippen LogP contribution in [0, 0.1) is 0 Å². The number of benzene rings is 2. The number of aromatic nitrogens is 1. The molecular weight excluding hydrogens is 400 g/mol. The highest BCUT2D eigenvalue weighted by molar-refractivity contribution is 5.97. The summed E-state index contributed by atoms with van der Waals surface area (Å²) in [6, 6.07) is 16.6. The molecule has 164 valence electrons. The van der Waals surface area contributed by atoms with E-state index >= 15 is 0 Å². The van der Waals surface area contributed by atoms with Gasteiger partial charge in [0.1, 0.15) is 5.82 Å². The van der Waals surface area contributed by atoms with Crippen molar-refractivity contribution in [3.05, 3.63) is 65.9 Å². The van der Waals surface area contributed by atoms with Crippen LogP contribution in [0.2, 0.25) is 0 Å². The molecule has 3 N–H and O–H groups in total. The number of nitrogens with two attached hydrogens (primary N) is 1. The largest absolute Gasteiger partial charge is 0.383 e. The van der Waals surface area contributed by atoms with Gasteiger partial charge in [-0.1, -0.05) is 24.3 Å². The fourth-order valence-corrected chi connectivity index (χ4v) is 4.71. The molecule has 0 spiro atoms. The molecular formula is C26H28N4O2. The van der Waals surface area contributed by atoms with Crippen LogP contribution in [-0.4, -0.2) is 42.7 Å². The summed E-state index contributed by atoms with van der Waals surface area (Å²) in [5.74, 6) is 0.476. The summed E-state index contributed by atoms with van der Waals surface area (Å²) in [7, 11) is 0. The minimum Gasteiger partial charge on any atom is -0.383 e. The molecule has 1 amide bonds. The number of anilines is 2. The Kier molecular flexibility index (Phi) is 5.31. The number of fused-ring (bicyclic) bond motifs is 1. The van der Waals surface area contributed by atoms with Gasteiger partial charge in [-0.2, -0.15) is 0 Å². The average molecular weight is 429 g/mol. The van der Waals surface area contributed by atoms with Crippen LogP contribution < -0.4 is 16.0 Å². The predicted octanol–water partition coefficient (Wildman–Crippen LogP) is 3.90. The van der Waals surface area contributed by atoms with Gasteiger partial charge in [-0.3, -0.25) is 4.79 Å². The number of nitrogens with one attached hydrogen (secondary N) is 1.